The van der Waals surface area contributed by atoms with Gasteiger partial charge in [0.15, 0.2) is 0 Å². The quantitative estimate of drug-likeness (QED) is 0.683. The third kappa shape index (κ3) is 3.66. The summed E-state index contributed by atoms with van der Waals surface area (Å²) >= 11 is 0. The molecule has 1 N–H and O–H groups in total. The standard InChI is InChI=1S/C19H22N4.2ClH/c1-12-7-16-14(3)9-18(21-17(16)8-13(12)2)19-10-15-11-20-5-4-6-23(15)22-19;;/h7-10,20H,4-6,11H2,1-3H3;2*1H. The molecular weight excluding hydrogens is 355 g/mol. The highest BCUT2D eigenvalue weighted by atomic mass is 35.5. The minimum atomic E-state index is 0. The third-order valence-electron chi connectivity index (χ3n) is 4.79. The summed E-state index contributed by atoms with van der Waals surface area (Å²) in [6.45, 7) is 9.38. The van der Waals surface area contributed by atoms with E-state index in [4.69, 9.17) is 10.1 Å². The van der Waals surface area contributed by atoms with Gasteiger partial charge in [0, 0.05) is 18.5 Å². The predicted octanol–water partition coefficient (Wildman–Crippen LogP) is 4.36. The van der Waals surface area contributed by atoms with Crippen LogP contribution in [0, 0.1) is 20.8 Å². The van der Waals surface area contributed by atoms with Crippen LogP contribution >= 0.6 is 24.8 Å². The Hall–Kier alpha value is -1.62. The molecule has 0 saturated heterocycles. The number of aryl methyl sites for hydroxylation is 4. The van der Waals surface area contributed by atoms with Crippen molar-refractivity contribution in [3.63, 3.8) is 0 Å². The Labute approximate surface area is 160 Å². The molecule has 1 aromatic carbocycles. The van der Waals surface area contributed by atoms with Gasteiger partial charge >= 0.3 is 0 Å². The summed E-state index contributed by atoms with van der Waals surface area (Å²) < 4.78 is 2.12. The Morgan fingerprint density at radius 2 is 1.68 bits per heavy atom. The van der Waals surface area contributed by atoms with Gasteiger partial charge < -0.3 is 5.32 Å². The molecular formula is C19H24Cl2N4. The molecule has 1 aliphatic heterocycles. The summed E-state index contributed by atoms with van der Waals surface area (Å²) in [4.78, 5) is 4.88. The highest BCUT2D eigenvalue weighted by Crippen LogP contribution is 2.26. The van der Waals surface area contributed by atoms with E-state index in [2.05, 4.69) is 55.0 Å². The van der Waals surface area contributed by atoms with Gasteiger partial charge in [-0.25, -0.2) is 4.98 Å². The number of nitrogens with one attached hydrogen (secondary N) is 1. The Balaban J connectivity index is 0.00000113. The molecule has 4 rings (SSSR count). The highest BCUT2D eigenvalue weighted by molar-refractivity contribution is 5.86. The van der Waals surface area contributed by atoms with E-state index in [0.717, 1.165) is 43.0 Å². The molecule has 3 heterocycles. The molecule has 0 bridgehead atoms. The third-order valence-corrected chi connectivity index (χ3v) is 4.79. The molecule has 0 radical (unpaired) electrons. The predicted molar refractivity (Wildman–Crippen MR) is 108 cm³/mol. The van der Waals surface area contributed by atoms with E-state index in [9.17, 15) is 0 Å². The Morgan fingerprint density at radius 1 is 0.920 bits per heavy atom. The molecule has 2 aromatic heterocycles. The number of halogens is 2. The average molecular weight is 379 g/mol. The Morgan fingerprint density at radius 3 is 2.48 bits per heavy atom. The number of rotatable bonds is 1. The summed E-state index contributed by atoms with van der Waals surface area (Å²) in [5.41, 5.74) is 8.11. The molecule has 134 valence electrons. The lowest BCUT2D eigenvalue weighted by Crippen LogP contribution is -2.11. The lowest BCUT2D eigenvalue weighted by atomic mass is 10.0. The summed E-state index contributed by atoms with van der Waals surface area (Å²) in [5, 5.41) is 9.46. The second kappa shape index (κ2) is 7.73. The Kier molecular flexibility index (Phi) is 6.09. The van der Waals surface area contributed by atoms with Crippen LogP contribution in [0.3, 0.4) is 0 Å². The van der Waals surface area contributed by atoms with E-state index < -0.39 is 0 Å². The number of benzene rings is 1. The molecule has 0 unspecified atom stereocenters. The van der Waals surface area contributed by atoms with Crippen LogP contribution in [0.2, 0.25) is 0 Å². The first-order valence-corrected chi connectivity index (χ1v) is 8.28. The minimum absolute atomic E-state index is 0. The molecule has 25 heavy (non-hydrogen) atoms. The Bertz CT molecular complexity index is 879. The molecule has 0 saturated carbocycles. The van der Waals surface area contributed by atoms with Crippen LogP contribution in [0.5, 0.6) is 0 Å². The molecule has 1 aliphatic rings. The van der Waals surface area contributed by atoms with Gasteiger partial charge in [-0.05, 0) is 74.7 Å². The number of nitrogens with zero attached hydrogens (tertiary/aromatic N) is 3. The average Bonchev–Trinajstić information content (AvgIpc) is 2.80. The first kappa shape index (κ1) is 19.7. The van der Waals surface area contributed by atoms with Crippen molar-refractivity contribution in [2.45, 2.75) is 40.3 Å². The summed E-state index contributed by atoms with van der Waals surface area (Å²) in [7, 11) is 0. The van der Waals surface area contributed by atoms with Gasteiger partial charge in [0.2, 0.25) is 0 Å². The number of pyridine rings is 1. The van der Waals surface area contributed by atoms with E-state index in [1.807, 2.05) is 0 Å². The van der Waals surface area contributed by atoms with Gasteiger partial charge in [0.05, 0.1) is 16.9 Å². The van der Waals surface area contributed by atoms with E-state index in [0.29, 0.717) is 0 Å². The van der Waals surface area contributed by atoms with Crippen molar-refractivity contribution in [3.05, 3.63) is 46.6 Å². The lowest BCUT2D eigenvalue weighted by molar-refractivity contribution is 0.589. The van der Waals surface area contributed by atoms with Crippen LogP contribution in [0.25, 0.3) is 22.3 Å². The molecule has 0 fully saturated rings. The van der Waals surface area contributed by atoms with Gasteiger partial charge in [-0.2, -0.15) is 5.10 Å². The fourth-order valence-electron chi connectivity index (χ4n) is 3.27. The fourth-order valence-corrected chi connectivity index (χ4v) is 3.27. The maximum absolute atomic E-state index is 4.88. The van der Waals surface area contributed by atoms with Crippen LogP contribution in [-0.2, 0) is 13.1 Å². The molecule has 6 heteroatoms. The molecule has 0 aliphatic carbocycles. The van der Waals surface area contributed by atoms with Crippen LogP contribution < -0.4 is 5.32 Å². The zero-order chi connectivity index (χ0) is 16.0. The van der Waals surface area contributed by atoms with Gasteiger partial charge in [-0.3, -0.25) is 4.68 Å². The monoisotopic (exact) mass is 378 g/mol. The van der Waals surface area contributed by atoms with E-state index in [1.54, 1.807) is 0 Å². The number of hydrogen-bond donors (Lipinski definition) is 1. The largest absolute Gasteiger partial charge is 0.311 e. The molecule has 0 atom stereocenters. The van der Waals surface area contributed by atoms with Crippen molar-refractivity contribution in [2.75, 3.05) is 6.54 Å². The smallest absolute Gasteiger partial charge is 0.111 e. The van der Waals surface area contributed by atoms with Crippen molar-refractivity contribution >= 4 is 35.7 Å². The normalized spacial score (nSPS) is 13.6. The summed E-state index contributed by atoms with van der Waals surface area (Å²) in [5.74, 6) is 0. The number of fused-ring (bicyclic) bond motifs is 2. The maximum Gasteiger partial charge on any atom is 0.111 e. The molecule has 0 amide bonds. The van der Waals surface area contributed by atoms with Crippen molar-refractivity contribution in [1.82, 2.24) is 20.1 Å². The van der Waals surface area contributed by atoms with Crippen LogP contribution in [0.1, 0.15) is 28.8 Å². The summed E-state index contributed by atoms with van der Waals surface area (Å²) in [6, 6.07) is 8.76. The van der Waals surface area contributed by atoms with Gasteiger partial charge in [-0.1, -0.05) is 0 Å². The van der Waals surface area contributed by atoms with Crippen molar-refractivity contribution in [3.8, 4) is 11.4 Å². The molecule has 3 aromatic rings. The van der Waals surface area contributed by atoms with Crippen molar-refractivity contribution in [1.29, 1.82) is 0 Å². The SMILES string of the molecule is Cc1cc2nc(-c3cc4n(n3)CCCNC4)cc(C)c2cc1C.Cl.Cl. The highest BCUT2D eigenvalue weighted by Gasteiger charge is 2.14. The zero-order valence-electron chi connectivity index (χ0n) is 14.8. The first-order valence-electron chi connectivity index (χ1n) is 8.28. The van der Waals surface area contributed by atoms with Crippen LogP contribution in [-0.4, -0.2) is 21.3 Å². The second-order valence-electron chi connectivity index (χ2n) is 6.55. The van der Waals surface area contributed by atoms with Crippen LogP contribution in [0.4, 0.5) is 0 Å². The number of hydrogen-bond acceptors (Lipinski definition) is 3. The van der Waals surface area contributed by atoms with Crippen LogP contribution in [0.15, 0.2) is 24.3 Å². The number of aromatic nitrogens is 3. The summed E-state index contributed by atoms with van der Waals surface area (Å²) in [6.07, 6.45) is 1.12. The van der Waals surface area contributed by atoms with Gasteiger partial charge in [-0.15, -0.1) is 24.8 Å². The fraction of sp³-hybridized carbons (Fsp3) is 0.368. The topological polar surface area (TPSA) is 42.7 Å². The first-order chi connectivity index (χ1) is 11.1. The second-order valence-corrected chi connectivity index (χ2v) is 6.55. The van der Waals surface area contributed by atoms with Gasteiger partial charge in [0.25, 0.3) is 0 Å². The minimum Gasteiger partial charge on any atom is -0.311 e. The van der Waals surface area contributed by atoms with E-state index in [1.165, 1.54) is 27.8 Å². The zero-order valence-corrected chi connectivity index (χ0v) is 16.4. The van der Waals surface area contributed by atoms with E-state index in [-0.39, 0.29) is 24.8 Å². The van der Waals surface area contributed by atoms with Gasteiger partial charge in [0.1, 0.15) is 5.69 Å². The van der Waals surface area contributed by atoms with E-state index >= 15 is 0 Å². The maximum atomic E-state index is 4.88. The molecule has 0 spiro atoms. The lowest BCUT2D eigenvalue weighted by Gasteiger charge is -2.08. The van der Waals surface area contributed by atoms with Crippen molar-refractivity contribution in [2.24, 2.45) is 0 Å². The van der Waals surface area contributed by atoms with Crippen molar-refractivity contribution < 1.29 is 0 Å². The molecule has 4 nitrogen and oxygen atoms in total.